The number of carbonyl (C=O) groups is 1. The lowest BCUT2D eigenvalue weighted by molar-refractivity contribution is -0.122. The molecule has 3 nitrogen and oxygen atoms in total. The van der Waals surface area contributed by atoms with Crippen molar-refractivity contribution in [1.29, 1.82) is 0 Å². The van der Waals surface area contributed by atoms with Crippen LogP contribution >= 0.6 is 0 Å². The summed E-state index contributed by atoms with van der Waals surface area (Å²) < 4.78 is 5.39. The summed E-state index contributed by atoms with van der Waals surface area (Å²) in [6, 6.07) is 4.05. The van der Waals surface area contributed by atoms with Crippen molar-refractivity contribution in [2.45, 2.75) is 44.9 Å². The lowest BCUT2D eigenvalue weighted by Gasteiger charge is -2.23. The molecule has 1 heterocycles. The molecule has 3 heteroatoms. The Kier molecular flexibility index (Phi) is 4.88. The zero-order chi connectivity index (χ0) is 12.8. The number of ether oxygens (including phenoxy) is 1. The Morgan fingerprint density at radius 1 is 1.50 bits per heavy atom. The highest BCUT2D eigenvalue weighted by Gasteiger charge is 2.26. The first-order valence-corrected chi connectivity index (χ1v) is 6.87. The van der Waals surface area contributed by atoms with Crippen LogP contribution in [0.1, 0.15) is 49.8 Å². The fourth-order valence-corrected chi connectivity index (χ4v) is 2.52. The number of nitrogens with zero attached hydrogens (tertiary/aromatic N) is 1. The summed E-state index contributed by atoms with van der Waals surface area (Å²) in [6.45, 7) is 3.36. The van der Waals surface area contributed by atoms with Gasteiger partial charge < -0.3 is 4.74 Å². The molecule has 2 rings (SSSR count). The van der Waals surface area contributed by atoms with E-state index in [0.29, 0.717) is 13.0 Å². The van der Waals surface area contributed by atoms with Gasteiger partial charge in [0.1, 0.15) is 5.78 Å². The minimum atomic E-state index is 0.000163. The van der Waals surface area contributed by atoms with Gasteiger partial charge in [0.15, 0.2) is 0 Å². The smallest absolute Gasteiger partial charge is 0.144 e. The number of fused-ring (bicyclic) bond motifs is 1. The maximum absolute atomic E-state index is 12.2. The Labute approximate surface area is 109 Å². The molecule has 0 saturated carbocycles. The van der Waals surface area contributed by atoms with Crippen molar-refractivity contribution in [3.05, 3.63) is 29.6 Å². The van der Waals surface area contributed by atoms with Crippen molar-refractivity contribution < 1.29 is 9.53 Å². The standard InChI is InChI=1S/C15H21NO2/c1-2-10-18-11-8-14(17)13-7-3-5-12-6-4-9-16-15(12)13/h4,6,9,13H,2-3,5,7-8,10-11H2,1H3. The van der Waals surface area contributed by atoms with E-state index in [4.69, 9.17) is 4.74 Å². The first kappa shape index (κ1) is 13.2. The van der Waals surface area contributed by atoms with Gasteiger partial charge in [-0.1, -0.05) is 13.0 Å². The van der Waals surface area contributed by atoms with Gasteiger partial charge >= 0.3 is 0 Å². The molecule has 0 bridgehead atoms. The molecule has 18 heavy (non-hydrogen) atoms. The van der Waals surface area contributed by atoms with Crippen molar-refractivity contribution in [2.75, 3.05) is 13.2 Å². The van der Waals surface area contributed by atoms with Gasteiger partial charge in [0.05, 0.1) is 18.2 Å². The normalized spacial score (nSPS) is 18.4. The van der Waals surface area contributed by atoms with Crippen LogP contribution < -0.4 is 0 Å². The molecule has 1 aliphatic carbocycles. The van der Waals surface area contributed by atoms with Gasteiger partial charge in [-0.3, -0.25) is 9.78 Å². The molecule has 1 aromatic rings. The minimum absolute atomic E-state index is 0.000163. The molecule has 0 radical (unpaired) electrons. The van der Waals surface area contributed by atoms with Gasteiger partial charge in [0.2, 0.25) is 0 Å². The number of rotatable bonds is 6. The largest absolute Gasteiger partial charge is 0.381 e. The van der Waals surface area contributed by atoms with Crippen LogP contribution in [0.4, 0.5) is 0 Å². The number of Topliss-reactive ketones (excluding diaryl/α,β-unsaturated/α-hetero) is 1. The van der Waals surface area contributed by atoms with E-state index in [-0.39, 0.29) is 11.7 Å². The maximum Gasteiger partial charge on any atom is 0.144 e. The second-order valence-corrected chi connectivity index (χ2v) is 4.82. The third-order valence-corrected chi connectivity index (χ3v) is 3.42. The molecule has 1 aliphatic rings. The summed E-state index contributed by atoms with van der Waals surface area (Å²) in [7, 11) is 0. The van der Waals surface area contributed by atoms with Crippen molar-refractivity contribution in [1.82, 2.24) is 4.98 Å². The molecule has 0 fully saturated rings. The summed E-state index contributed by atoms with van der Waals surface area (Å²) >= 11 is 0. The Hall–Kier alpha value is -1.22. The topological polar surface area (TPSA) is 39.2 Å². The first-order valence-electron chi connectivity index (χ1n) is 6.87. The van der Waals surface area contributed by atoms with Crippen LogP contribution in [0, 0.1) is 0 Å². The van der Waals surface area contributed by atoms with Crippen LogP contribution in [0.15, 0.2) is 18.3 Å². The monoisotopic (exact) mass is 247 g/mol. The first-order chi connectivity index (χ1) is 8.83. The van der Waals surface area contributed by atoms with Crippen molar-refractivity contribution in [2.24, 2.45) is 0 Å². The van der Waals surface area contributed by atoms with E-state index in [1.54, 1.807) is 6.20 Å². The van der Waals surface area contributed by atoms with E-state index in [2.05, 4.69) is 18.0 Å². The highest BCUT2D eigenvalue weighted by molar-refractivity contribution is 5.85. The van der Waals surface area contributed by atoms with E-state index >= 15 is 0 Å². The second-order valence-electron chi connectivity index (χ2n) is 4.82. The van der Waals surface area contributed by atoms with Gasteiger partial charge in [0, 0.05) is 19.2 Å². The molecule has 0 N–H and O–H groups in total. The molecule has 0 saturated heterocycles. The average Bonchev–Trinajstić information content (AvgIpc) is 2.43. The summed E-state index contributed by atoms with van der Waals surface area (Å²) in [5.41, 5.74) is 2.25. The quantitative estimate of drug-likeness (QED) is 0.726. The number of ketones is 1. The molecule has 1 atom stereocenters. The molecule has 0 aromatic carbocycles. The Morgan fingerprint density at radius 3 is 3.22 bits per heavy atom. The predicted octanol–water partition coefficient (Wildman–Crippen LogP) is 2.89. The van der Waals surface area contributed by atoms with E-state index in [0.717, 1.165) is 38.0 Å². The Morgan fingerprint density at radius 2 is 2.39 bits per heavy atom. The number of hydrogen-bond acceptors (Lipinski definition) is 3. The summed E-state index contributed by atoms with van der Waals surface area (Å²) in [4.78, 5) is 16.6. The van der Waals surface area contributed by atoms with Crippen LogP contribution in [0.2, 0.25) is 0 Å². The fourth-order valence-electron chi connectivity index (χ4n) is 2.52. The predicted molar refractivity (Wildman–Crippen MR) is 70.7 cm³/mol. The summed E-state index contributed by atoms with van der Waals surface area (Å²) in [5, 5.41) is 0. The van der Waals surface area contributed by atoms with Crippen molar-refractivity contribution in [3.63, 3.8) is 0 Å². The zero-order valence-corrected chi connectivity index (χ0v) is 11.0. The molecule has 1 aromatic heterocycles. The van der Waals surface area contributed by atoms with E-state index in [1.807, 2.05) is 6.07 Å². The summed E-state index contributed by atoms with van der Waals surface area (Å²) in [6.07, 6.45) is 6.39. The fraction of sp³-hybridized carbons (Fsp3) is 0.600. The number of hydrogen-bond donors (Lipinski definition) is 0. The molecule has 98 valence electrons. The molecule has 1 unspecified atom stereocenters. The average molecular weight is 247 g/mol. The zero-order valence-electron chi connectivity index (χ0n) is 11.0. The molecular weight excluding hydrogens is 226 g/mol. The van der Waals surface area contributed by atoms with Gasteiger partial charge in [-0.25, -0.2) is 0 Å². The van der Waals surface area contributed by atoms with Gasteiger partial charge in [-0.05, 0) is 37.3 Å². The number of aryl methyl sites for hydroxylation is 1. The van der Waals surface area contributed by atoms with Crippen molar-refractivity contribution in [3.8, 4) is 0 Å². The third-order valence-electron chi connectivity index (χ3n) is 3.42. The van der Waals surface area contributed by atoms with E-state index in [9.17, 15) is 4.79 Å². The number of aromatic nitrogens is 1. The summed E-state index contributed by atoms with van der Waals surface area (Å²) in [5.74, 6) is 0.283. The lowest BCUT2D eigenvalue weighted by atomic mass is 9.83. The minimum Gasteiger partial charge on any atom is -0.381 e. The van der Waals surface area contributed by atoms with Crippen molar-refractivity contribution >= 4 is 5.78 Å². The number of carbonyl (C=O) groups excluding carboxylic acids is 1. The van der Waals surface area contributed by atoms with Crippen LogP contribution in [-0.2, 0) is 16.0 Å². The third kappa shape index (κ3) is 3.16. The van der Waals surface area contributed by atoms with Crippen LogP contribution in [0.25, 0.3) is 0 Å². The molecule has 0 spiro atoms. The second kappa shape index (κ2) is 6.64. The van der Waals surface area contributed by atoms with Crippen LogP contribution in [0.5, 0.6) is 0 Å². The van der Waals surface area contributed by atoms with E-state index < -0.39 is 0 Å². The van der Waals surface area contributed by atoms with Gasteiger partial charge in [-0.15, -0.1) is 0 Å². The molecule has 0 amide bonds. The highest BCUT2D eigenvalue weighted by Crippen LogP contribution is 2.31. The van der Waals surface area contributed by atoms with Crippen LogP contribution in [0.3, 0.4) is 0 Å². The lowest BCUT2D eigenvalue weighted by Crippen LogP contribution is -2.21. The van der Waals surface area contributed by atoms with Gasteiger partial charge in [-0.2, -0.15) is 0 Å². The molecular formula is C15H21NO2. The van der Waals surface area contributed by atoms with Crippen LogP contribution in [-0.4, -0.2) is 24.0 Å². The highest BCUT2D eigenvalue weighted by atomic mass is 16.5. The molecule has 0 aliphatic heterocycles. The van der Waals surface area contributed by atoms with Gasteiger partial charge in [0.25, 0.3) is 0 Å². The Bertz CT molecular complexity index is 403. The van der Waals surface area contributed by atoms with E-state index in [1.165, 1.54) is 5.56 Å². The maximum atomic E-state index is 12.2. The SMILES string of the molecule is CCCOCCC(=O)C1CCCc2cccnc21. The Balaban J connectivity index is 1.95. The number of pyridine rings is 1.